The Morgan fingerprint density at radius 1 is 1.35 bits per heavy atom. The first-order valence-electron chi connectivity index (χ1n) is 5.82. The van der Waals surface area contributed by atoms with Gasteiger partial charge in [0, 0.05) is 4.47 Å². The molecule has 0 fully saturated rings. The third-order valence-electron chi connectivity index (χ3n) is 3.13. The molecule has 0 amide bonds. The van der Waals surface area contributed by atoms with Crippen molar-refractivity contribution < 1.29 is 4.39 Å². The Kier molecular flexibility index (Phi) is 4.31. The molecule has 0 heterocycles. The highest BCUT2D eigenvalue weighted by molar-refractivity contribution is 9.10. The van der Waals surface area contributed by atoms with Crippen LogP contribution in [-0.4, -0.2) is 0 Å². The van der Waals surface area contributed by atoms with Gasteiger partial charge in [0.1, 0.15) is 5.82 Å². The zero-order chi connectivity index (χ0) is 12.3. The van der Waals surface area contributed by atoms with E-state index in [4.69, 9.17) is 5.84 Å². The Labute approximate surface area is 109 Å². The zero-order valence-electron chi connectivity index (χ0n) is 9.55. The Balaban J connectivity index is 2.34. The molecule has 0 spiro atoms. The quantitative estimate of drug-likeness (QED) is 0.508. The molecular weight excluding hydrogens is 283 g/mol. The second kappa shape index (κ2) is 5.76. The fourth-order valence-electron chi connectivity index (χ4n) is 2.26. The first kappa shape index (κ1) is 12.7. The number of nitrogens with one attached hydrogen (secondary N) is 1. The lowest BCUT2D eigenvalue weighted by molar-refractivity contribution is 0.557. The number of hydrogen-bond donors (Lipinski definition) is 2. The van der Waals surface area contributed by atoms with Crippen molar-refractivity contribution in [2.24, 2.45) is 5.84 Å². The smallest absolute Gasteiger partial charge is 0.123 e. The first-order valence-corrected chi connectivity index (χ1v) is 6.61. The van der Waals surface area contributed by atoms with Gasteiger partial charge in [-0.3, -0.25) is 5.84 Å². The number of hydrazine groups is 1. The van der Waals surface area contributed by atoms with Gasteiger partial charge in [-0.1, -0.05) is 27.6 Å². The van der Waals surface area contributed by atoms with Crippen LogP contribution >= 0.6 is 15.9 Å². The lowest BCUT2D eigenvalue weighted by Crippen LogP contribution is -2.30. The molecule has 92 valence electrons. The third-order valence-corrected chi connectivity index (χ3v) is 3.85. The summed E-state index contributed by atoms with van der Waals surface area (Å²) in [6, 6.07) is 4.60. The van der Waals surface area contributed by atoms with Crippen molar-refractivity contribution in [2.45, 2.75) is 31.7 Å². The van der Waals surface area contributed by atoms with E-state index in [1.54, 1.807) is 6.07 Å². The van der Waals surface area contributed by atoms with Crippen LogP contribution in [0.25, 0.3) is 0 Å². The molecule has 0 saturated heterocycles. The molecule has 2 nitrogen and oxygen atoms in total. The molecule has 0 bridgehead atoms. The fraction of sp³-hybridized carbons (Fsp3) is 0.385. The van der Waals surface area contributed by atoms with E-state index in [1.807, 2.05) is 0 Å². The van der Waals surface area contributed by atoms with Crippen molar-refractivity contribution in [3.63, 3.8) is 0 Å². The Morgan fingerprint density at radius 2 is 2.18 bits per heavy atom. The molecule has 2 rings (SSSR count). The van der Waals surface area contributed by atoms with Crippen LogP contribution in [0.4, 0.5) is 4.39 Å². The van der Waals surface area contributed by atoms with Crippen LogP contribution in [0, 0.1) is 5.82 Å². The zero-order valence-corrected chi connectivity index (χ0v) is 11.1. The molecule has 1 aromatic rings. The van der Waals surface area contributed by atoms with Gasteiger partial charge in [0.15, 0.2) is 0 Å². The normalized spacial score (nSPS) is 17.7. The summed E-state index contributed by atoms with van der Waals surface area (Å²) < 4.78 is 14.2. The molecule has 1 unspecified atom stereocenters. The SMILES string of the molecule is NNC(C1=CCCCC1)c1cc(F)ccc1Br. The van der Waals surface area contributed by atoms with Crippen LogP contribution in [0.15, 0.2) is 34.3 Å². The molecule has 17 heavy (non-hydrogen) atoms. The summed E-state index contributed by atoms with van der Waals surface area (Å²) in [5, 5.41) is 0. The van der Waals surface area contributed by atoms with Crippen molar-refractivity contribution in [3.8, 4) is 0 Å². The van der Waals surface area contributed by atoms with E-state index >= 15 is 0 Å². The lowest BCUT2D eigenvalue weighted by Gasteiger charge is -2.24. The topological polar surface area (TPSA) is 38.0 Å². The molecule has 1 aliphatic carbocycles. The molecule has 4 heteroatoms. The Bertz CT molecular complexity index is 431. The summed E-state index contributed by atoms with van der Waals surface area (Å²) >= 11 is 3.45. The predicted octanol–water partition coefficient (Wildman–Crippen LogP) is 3.59. The van der Waals surface area contributed by atoms with Crippen LogP contribution in [0.3, 0.4) is 0 Å². The lowest BCUT2D eigenvalue weighted by atomic mass is 9.90. The van der Waals surface area contributed by atoms with Gasteiger partial charge in [-0.15, -0.1) is 0 Å². The standard InChI is InChI=1S/C13H16BrFN2/c14-12-7-6-10(15)8-11(12)13(17-16)9-4-2-1-3-5-9/h4,6-8,13,17H,1-3,5,16H2. The molecule has 1 atom stereocenters. The van der Waals surface area contributed by atoms with Gasteiger partial charge in [-0.05, 0) is 49.4 Å². The summed E-state index contributed by atoms with van der Waals surface area (Å²) in [7, 11) is 0. The highest BCUT2D eigenvalue weighted by Gasteiger charge is 2.19. The highest BCUT2D eigenvalue weighted by atomic mass is 79.9. The van der Waals surface area contributed by atoms with E-state index in [2.05, 4.69) is 27.4 Å². The number of rotatable bonds is 3. The molecule has 0 radical (unpaired) electrons. The fourth-order valence-corrected chi connectivity index (χ4v) is 2.73. The molecule has 0 aliphatic heterocycles. The van der Waals surface area contributed by atoms with Crippen LogP contribution in [0.1, 0.15) is 37.3 Å². The van der Waals surface area contributed by atoms with E-state index in [9.17, 15) is 4.39 Å². The van der Waals surface area contributed by atoms with Crippen molar-refractivity contribution in [1.82, 2.24) is 5.43 Å². The summed E-state index contributed by atoms with van der Waals surface area (Å²) in [5.74, 6) is 5.38. The first-order chi connectivity index (χ1) is 8.22. The minimum atomic E-state index is -0.236. The Hall–Kier alpha value is -0.710. The molecule has 3 N–H and O–H groups in total. The average Bonchev–Trinajstić information content (AvgIpc) is 2.36. The van der Waals surface area contributed by atoms with Crippen LogP contribution < -0.4 is 11.3 Å². The van der Waals surface area contributed by atoms with Gasteiger partial charge in [0.2, 0.25) is 0 Å². The van der Waals surface area contributed by atoms with Gasteiger partial charge in [0.05, 0.1) is 6.04 Å². The van der Waals surface area contributed by atoms with Crippen molar-refractivity contribution in [3.05, 3.63) is 45.7 Å². The van der Waals surface area contributed by atoms with E-state index < -0.39 is 0 Å². The van der Waals surface area contributed by atoms with Crippen LogP contribution in [-0.2, 0) is 0 Å². The maximum absolute atomic E-state index is 13.3. The average molecular weight is 299 g/mol. The number of benzene rings is 1. The molecule has 1 aliphatic rings. The van der Waals surface area contributed by atoms with Gasteiger partial charge in [-0.2, -0.15) is 0 Å². The van der Waals surface area contributed by atoms with Gasteiger partial charge < -0.3 is 0 Å². The summed E-state index contributed by atoms with van der Waals surface area (Å²) in [6.07, 6.45) is 6.73. The molecule has 1 aromatic carbocycles. The second-order valence-corrected chi connectivity index (χ2v) is 5.14. The molecular formula is C13H16BrFN2. The maximum Gasteiger partial charge on any atom is 0.123 e. The molecule has 0 aromatic heterocycles. The van der Waals surface area contributed by atoms with E-state index in [-0.39, 0.29) is 11.9 Å². The van der Waals surface area contributed by atoms with E-state index in [0.29, 0.717) is 0 Å². The van der Waals surface area contributed by atoms with E-state index in [0.717, 1.165) is 22.9 Å². The van der Waals surface area contributed by atoms with Crippen molar-refractivity contribution in [2.75, 3.05) is 0 Å². The predicted molar refractivity (Wildman–Crippen MR) is 70.7 cm³/mol. The highest BCUT2D eigenvalue weighted by Crippen LogP contribution is 2.33. The van der Waals surface area contributed by atoms with Crippen LogP contribution in [0.5, 0.6) is 0 Å². The molecule has 0 saturated carbocycles. The second-order valence-electron chi connectivity index (χ2n) is 4.29. The summed E-state index contributed by atoms with van der Waals surface area (Å²) in [4.78, 5) is 0. The monoisotopic (exact) mass is 298 g/mol. The number of allylic oxidation sites excluding steroid dienone is 1. The largest absolute Gasteiger partial charge is 0.271 e. The minimum Gasteiger partial charge on any atom is -0.271 e. The van der Waals surface area contributed by atoms with Crippen LogP contribution in [0.2, 0.25) is 0 Å². The van der Waals surface area contributed by atoms with Gasteiger partial charge in [0.25, 0.3) is 0 Å². The van der Waals surface area contributed by atoms with Gasteiger partial charge in [-0.25, -0.2) is 9.82 Å². The maximum atomic E-state index is 13.3. The number of nitrogens with two attached hydrogens (primary N) is 1. The van der Waals surface area contributed by atoms with Gasteiger partial charge >= 0.3 is 0 Å². The number of halogens is 2. The summed E-state index contributed by atoms with van der Waals surface area (Å²) in [6.45, 7) is 0. The summed E-state index contributed by atoms with van der Waals surface area (Å²) in [5.41, 5.74) is 4.91. The Morgan fingerprint density at radius 3 is 2.82 bits per heavy atom. The van der Waals surface area contributed by atoms with Crippen molar-refractivity contribution in [1.29, 1.82) is 0 Å². The van der Waals surface area contributed by atoms with Crippen molar-refractivity contribution >= 4 is 15.9 Å². The minimum absolute atomic E-state index is 0.0969. The third kappa shape index (κ3) is 2.94. The number of hydrogen-bond acceptors (Lipinski definition) is 2. The van der Waals surface area contributed by atoms with E-state index in [1.165, 1.54) is 30.5 Å².